The summed E-state index contributed by atoms with van der Waals surface area (Å²) in [5, 5.41) is 35.0. The Labute approximate surface area is 651 Å². The highest BCUT2D eigenvalue weighted by atomic mass is 19.0. The van der Waals surface area contributed by atoms with Crippen molar-refractivity contribution in [3.63, 3.8) is 0 Å². The SMILES string of the molecule is C1CCCC1.CC.CC.CC.CC[C@H](CC(=O)[C@@H](NC(=O)C(CC1CCC(O)CC1)NC(=O)OC(C)(C)C)[C@@H](C)CC)C(=O)N[C@H](C(=O)C[C@@H](CCC(=O)NC(c1ccccc1)(c1ccccc1)c1ccccc1)C(=O)N1CCC[C@H]1C(=O)C[C@@H](COC(C)(C)C)C(=O)N[C@@H](Cc1ccccc1)C(=O)O)C(C)C.F. The van der Waals surface area contributed by atoms with Crippen LogP contribution in [0.2, 0.25) is 0 Å². The van der Waals surface area contributed by atoms with E-state index in [1.54, 1.807) is 92.6 Å². The number of nitrogens with zero attached hydrogens (tertiary/aromatic N) is 1. The van der Waals surface area contributed by atoms with Gasteiger partial charge in [0.15, 0.2) is 17.3 Å². The number of amides is 6. The average molecular weight is 1520 g/mol. The molecule has 4 aromatic carbocycles. The molecule has 0 aromatic heterocycles. The van der Waals surface area contributed by atoms with Crippen molar-refractivity contribution < 1.29 is 72.3 Å². The van der Waals surface area contributed by atoms with Crippen molar-refractivity contribution >= 4 is 58.9 Å². The molecule has 2 saturated carbocycles. The van der Waals surface area contributed by atoms with Crippen LogP contribution in [0.3, 0.4) is 0 Å². The summed E-state index contributed by atoms with van der Waals surface area (Å²) in [7, 11) is 0. The van der Waals surface area contributed by atoms with Crippen LogP contribution < -0.4 is 26.6 Å². The molecule has 608 valence electrons. The lowest BCUT2D eigenvalue weighted by molar-refractivity contribution is -0.146. The first-order valence-corrected chi connectivity index (χ1v) is 40.3. The number of hydrogen-bond acceptors (Lipinski definition) is 13. The van der Waals surface area contributed by atoms with Gasteiger partial charge in [-0.3, -0.25) is 43.1 Å². The van der Waals surface area contributed by atoms with Gasteiger partial charge in [0.25, 0.3) is 0 Å². The molecule has 21 heteroatoms. The van der Waals surface area contributed by atoms with E-state index < -0.39 is 154 Å². The van der Waals surface area contributed by atoms with Crippen molar-refractivity contribution in [2.24, 2.45) is 35.5 Å². The van der Waals surface area contributed by atoms with Crippen LogP contribution in [0.1, 0.15) is 262 Å². The number of halogens is 1. The smallest absolute Gasteiger partial charge is 0.408 e. The predicted octanol–water partition coefficient (Wildman–Crippen LogP) is 15.3. The number of likely N-dealkylation sites (tertiary alicyclic amines) is 1. The second kappa shape index (κ2) is 49.9. The van der Waals surface area contributed by atoms with Gasteiger partial charge < -0.3 is 51.2 Å². The summed E-state index contributed by atoms with van der Waals surface area (Å²) in [6, 6.07) is 31.6. The zero-order valence-corrected chi connectivity index (χ0v) is 68.7. The first kappa shape index (κ1) is 96.9. The maximum absolute atomic E-state index is 15.5. The van der Waals surface area contributed by atoms with E-state index in [-0.39, 0.29) is 68.7 Å². The number of hydrogen-bond donors (Lipinski definition) is 7. The number of carbonyl (C=O) groups excluding carboxylic acids is 9. The molecule has 20 nitrogen and oxygen atoms in total. The molecule has 1 aliphatic heterocycles. The molecule has 9 atom stereocenters. The number of rotatable bonds is 35. The fraction of sp³-hybridized carbons (Fsp3) is 0.614. The molecule has 1 heterocycles. The molecule has 7 N–H and O–H groups in total. The second-order valence-electron chi connectivity index (χ2n) is 30.6. The Bertz CT molecular complexity index is 3250. The summed E-state index contributed by atoms with van der Waals surface area (Å²) in [6.45, 7) is 31.3. The molecule has 0 spiro atoms. The lowest BCUT2D eigenvalue weighted by Crippen LogP contribution is -2.55. The Morgan fingerprint density at radius 3 is 1.46 bits per heavy atom. The Balaban J connectivity index is 0.00000314. The number of aliphatic hydroxyl groups excluding tert-OH is 1. The zero-order valence-electron chi connectivity index (χ0n) is 68.7. The second-order valence-corrected chi connectivity index (χ2v) is 30.6. The van der Waals surface area contributed by atoms with Gasteiger partial charge in [0.05, 0.1) is 42.4 Å². The van der Waals surface area contributed by atoms with Crippen LogP contribution in [0, 0.1) is 35.5 Å². The number of ether oxygens (including phenoxy) is 2. The van der Waals surface area contributed by atoms with Gasteiger partial charge in [-0.05, 0) is 139 Å². The summed E-state index contributed by atoms with van der Waals surface area (Å²) >= 11 is 0. The average Bonchev–Trinajstić information content (AvgIpc) is 1.12. The summed E-state index contributed by atoms with van der Waals surface area (Å²) < 4.78 is 11.6. The van der Waals surface area contributed by atoms with E-state index in [9.17, 15) is 48.6 Å². The Hall–Kier alpha value is -8.17. The molecule has 3 aliphatic rings. The lowest BCUT2D eigenvalue weighted by atomic mass is 9.76. The lowest BCUT2D eigenvalue weighted by Gasteiger charge is -2.37. The molecule has 1 saturated heterocycles. The third-order valence-electron chi connectivity index (χ3n) is 19.9. The summed E-state index contributed by atoms with van der Waals surface area (Å²) in [5.41, 5.74) is 0.112. The highest BCUT2D eigenvalue weighted by molar-refractivity contribution is 5.98. The van der Waals surface area contributed by atoms with Gasteiger partial charge in [0.2, 0.25) is 29.5 Å². The summed E-state index contributed by atoms with van der Waals surface area (Å²) in [5.74, 6) is -9.91. The molecule has 2 aliphatic carbocycles. The minimum atomic E-state index is -1.33. The van der Waals surface area contributed by atoms with Crippen LogP contribution in [0.25, 0.3) is 0 Å². The van der Waals surface area contributed by atoms with E-state index in [4.69, 9.17) is 9.47 Å². The maximum Gasteiger partial charge on any atom is 0.408 e. The Kier molecular flexibility index (Phi) is 44.3. The number of alkyl carbamates (subject to hydrolysis) is 1. The fourth-order valence-corrected chi connectivity index (χ4v) is 13.9. The monoisotopic (exact) mass is 1520 g/mol. The van der Waals surface area contributed by atoms with Gasteiger partial charge in [0, 0.05) is 50.5 Å². The number of Topliss-reactive ketones (excluding diaryl/α,β-unsaturated/α-hetero) is 3. The van der Waals surface area contributed by atoms with Crippen molar-refractivity contribution in [3.05, 3.63) is 144 Å². The third kappa shape index (κ3) is 32.4. The van der Waals surface area contributed by atoms with Crippen LogP contribution in [-0.4, -0.2) is 135 Å². The summed E-state index contributed by atoms with van der Waals surface area (Å²) in [6.07, 6.45) is 8.53. The minimum absolute atomic E-state index is 0. The molecule has 0 radical (unpaired) electrons. The fourth-order valence-electron chi connectivity index (χ4n) is 13.9. The van der Waals surface area contributed by atoms with Crippen LogP contribution in [0.15, 0.2) is 121 Å². The van der Waals surface area contributed by atoms with E-state index in [2.05, 4.69) is 26.6 Å². The number of carboxylic acids is 1. The third-order valence-corrected chi connectivity index (χ3v) is 19.9. The first-order chi connectivity index (χ1) is 51.4. The van der Waals surface area contributed by atoms with Crippen molar-refractivity contribution in [3.8, 4) is 0 Å². The number of ketones is 3. The molecule has 1 unspecified atom stereocenters. The molecule has 6 amide bonds. The van der Waals surface area contributed by atoms with Gasteiger partial charge in [-0.2, -0.15) is 0 Å². The molecule has 3 fully saturated rings. The molecule has 109 heavy (non-hydrogen) atoms. The van der Waals surface area contributed by atoms with Gasteiger partial charge in [-0.1, -0.05) is 236 Å². The quantitative estimate of drug-likeness (QED) is 0.0211. The van der Waals surface area contributed by atoms with Crippen molar-refractivity contribution in [1.29, 1.82) is 0 Å². The van der Waals surface area contributed by atoms with Crippen molar-refractivity contribution in [2.45, 2.75) is 299 Å². The van der Waals surface area contributed by atoms with E-state index in [0.29, 0.717) is 44.1 Å². The minimum Gasteiger partial charge on any atom is -0.480 e. The number of nitrogens with one attached hydrogen (secondary N) is 5. The first-order valence-electron chi connectivity index (χ1n) is 40.3. The van der Waals surface area contributed by atoms with Gasteiger partial charge in [-0.15, -0.1) is 0 Å². The Morgan fingerprint density at radius 1 is 0.532 bits per heavy atom. The standard InChI is InChI=1S/C77H106N6O14.C5H10.3C2H6.FH/c1-12-50(5)68(81-71(91)60(79-74(95)97-76(9,10)11)43-52-36-39-59(84)40-37-52)65(87)45-53(13-2)69(89)80-67(49(3)4)64(86)46-54(38-41-66(88)82-77(56-29-20-15-21-30-56,57-31-22-16-23-32-57)58-33-24-17-25-34-58)72(92)83-42-26-35-62(83)63(85)47-55(48-96-75(6,7)8)70(90)78-61(73(93)94)44-51-27-18-14-19-28-51;1-2-4-5-3-1;3*1-2;/h14-25,27-34,49-50,52-55,59-62,67-68,84H,12-13,26,35-48H2,1-11H3,(H,78,90)(H,79,95)(H,80,89)(H,81,91)(H,82,88)(H,93,94);1-5H2;3*1-2H3;1H/t50-,52?,53+,54+,55-,59?,60?,61-,62-,67-,68-;;;;;/m0...../s1. The number of benzene rings is 4. The molecule has 0 bridgehead atoms. The number of carboxylic acid groups (broad SMARTS) is 1. The van der Waals surface area contributed by atoms with E-state index >= 15 is 9.59 Å². The van der Waals surface area contributed by atoms with Crippen LogP contribution in [-0.2, 0) is 64.6 Å². The van der Waals surface area contributed by atoms with E-state index in [1.807, 2.05) is 146 Å². The molecule has 7 rings (SSSR count). The predicted molar refractivity (Wildman–Crippen MR) is 430 cm³/mol. The van der Waals surface area contributed by atoms with Crippen molar-refractivity contribution in [1.82, 2.24) is 31.5 Å². The highest BCUT2D eigenvalue weighted by Crippen LogP contribution is 2.38. The van der Waals surface area contributed by atoms with Crippen molar-refractivity contribution in [2.75, 3.05) is 13.2 Å². The maximum atomic E-state index is 15.5. The molecular formula is C88H135FN6O14. The van der Waals surface area contributed by atoms with Crippen LogP contribution >= 0.6 is 0 Å². The topological polar surface area (TPSA) is 293 Å². The van der Waals surface area contributed by atoms with E-state index in [1.165, 1.54) is 37.0 Å². The van der Waals surface area contributed by atoms with Gasteiger partial charge >= 0.3 is 12.1 Å². The van der Waals surface area contributed by atoms with Gasteiger partial charge in [-0.25, -0.2) is 9.59 Å². The normalized spacial score (nSPS) is 17.6. The molecular weight excluding hydrogens is 1380 g/mol. The Morgan fingerprint density at radius 2 is 1.00 bits per heavy atom. The van der Waals surface area contributed by atoms with Gasteiger partial charge in [0.1, 0.15) is 23.2 Å². The summed E-state index contributed by atoms with van der Waals surface area (Å²) in [4.78, 5) is 145. The number of aliphatic carboxylic acids is 1. The van der Waals surface area contributed by atoms with Crippen LogP contribution in [0.4, 0.5) is 9.50 Å². The molecule has 4 aromatic rings. The van der Waals surface area contributed by atoms with E-state index in [0.717, 1.165) is 16.7 Å². The number of aliphatic hydroxyl groups is 1. The van der Waals surface area contributed by atoms with Crippen LogP contribution in [0.5, 0.6) is 0 Å². The zero-order chi connectivity index (χ0) is 80.7. The largest absolute Gasteiger partial charge is 0.480 e. The highest BCUT2D eigenvalue weighted by Gasteiger charge is 2.44. The number of carbonyl (C=O) groups is 10.